The van der Waals surface area contributed by atoms with Crippen LogP contribution in [-0.2, 0) is 0 Å². The summed E-state index contributed by atoms with van der Waals surface area (Å²) in [6, 6.07) is 17.0. The first-order valence-electron chi connectivity index (χ1n) is 4.90. The first-order chi connectivity index (χ1) is 6.79. The van der Waals surface area contributed by atoms with Crippen molar-refractivity contribution < 1.29 is 0 Å². The highest BCUT2D eigenvalue weighted by molar-refractivity contribution is 5.68. The Bertz CT molecular complexity index is 427. The molecule has 0 aliphatic rings. The summed E-state index contributed by atoms with van der Waals surface area (Å²) >= 11 is 0. The van der Waals surface area contributed by atoms with Crippen LogP contribution in [0.5, 0.6) is 0 Å². The Balaban J connectivity index is 2.58. The second-order valence-electron chi connectivity index (χ2n) is 3.61. The second-order valence-corrected chi connectivity index (χ2v) is 3.61. The molecule has 0 fully saturated rings. The van der Waals surface area contributed by atoms with Gasteiger partial charge in [0.1, 0.15) is 0 Å². The lowest BCUT2D eigenvalue weighted by Crippen LogP contribution is -1.85. The standard InChI is InChI=1S/C14H14/c1-11-7-6-10-14(12(11)2)13-8-4-3-5-9-13/h3-10H,1-2H3. The molecular weight excluding hydrogens is 168 g/mol. The molecule has 0 heteroatoms. The lowest BCUT2D eigenvalue weighted by Gasteiger charge is -2.07. The van der Waals surface area contributed by atoms with Crippen molar-refractivity contribution in [3.8, 4) is 11.1 Å². The molecule has 14 heavy (non-hydrogen) atoms. The van der Waals surface area contributed by atoms with Gasteiger partial charge in [0, 0.05) is 0 Å². The lowest BCUT2D eigenvalue weighted by molar-refractivity contribution is 1.34. The van der Waals surface area contributed by atoms with E-state index in [0.717, 1.165) is 0 Å². The van der Waals surface area contributed by atoms with Gasteiger partial charge in [0.15, 0.2) is 0 Å². The van der Waals surface area contributed by atoms with Gasteiger partial charge in [-0.3, -0.25) is 0 Å². The van der Waals surface area contributed by atoms with Crippen molar-refractivity contribution in [1.82, 2.24) is 0 Å². The molecule has 0 bridgehead atoms. The molecule has 0 aliphatic carbocycles. The third-order valence-corrected chi connectivity index (χ3v) is 2.69. The van der Waals surface area contributed by atoms with E-state index >= 15 is 0 Å². The zero-order valence-corrected chi connectivity index (χ0v) is 8.62. The predicted molar refractivity (Wildman–Crippen MR) is 61.4 cm³/mol. The number of benzene rings is 2. The molecule has 0 atom stereocenters. The summed E-state index contributed by atoms with van der Waals surface area (Å²) in [5.74, 6) is 0. The van der Waals surface area contributed by atoms with Crippen LogP contribution in [0.15, 0.2) is 48.5 Å². The highest BCUT2D eigenvalue weighted by Gasteiger charge is 2.01. The maximum absolute atomic E-state index is 2.18. The van der Waals surface area contributed by atoms with Gasteiger partial charge >= 0.3 is 0 Å². The van der Waals surface area contributed by atoms with Gasteiger partial charge in [-0.05, 0) is 36.1 Å². The largest absolute Gasteiger partial charge is 0.0622 e. The molecule has 0 radical (unpaired) electrons. The molecule has 0 amide bonds. The third kappa shape index (κ3) is 1.56. The van der Waals surface area contributed by atoms with Gasteiger partial charge < -0.3 is 0 Å². The summed E-state index contributed by atoms with van der Waals surface area (Å²) in [4.78, 5) is 0. The van der Waals surface area contributed by atoms with Crippen LogP contribution >= 0.6 is 0 Å². The molecule has 0 heterocycles. The fourth-order valence-electron chi connectivity index (χ4n) is 1.68. The minimum Gasteiger partial charge on any atom is -0.0622 e. The molecule has 0 spiro atoms. The van der Waals surface area contributed by atoms with Crippen molar-refractivity contribution in [1.29, 1.82) is 0 Å². The van der Waals surface area contributed by atoms with Crippen LogP contribution < -0.4 is 0 Å². The van der Waals surface area contributed by atoms with Gasteiger partial charge in [-0.15, -0.1) is 0 Å². The fraction of sp³-hybridized carbons (Fsp3) is 0.143. The molecule has 70 valence electrons. The van der Waals surface area contributed by atoms with Crippen molar-refractivity contribution >= 4 is 0 Å². The summed E-state index contributed by atoms with van der Waals surface area (Å²) < 4.78 is 0. The van der Waals surface area contributed by atoms with Gasteiger partial charge in [-0.25, -0.2) is 0 Å². The zero-order valence-electron chi connectivity index (χ0n) is 8.62. The molecule has 0 N–H and O–H groups in total. The quantitative estimate of drug-likeness (QED) is 0.626. The van der Waals surface area contributed by atoms with Crippen molar-refractivity contribution in [2.24, 2.45) is 0 Å². The van der Waals surface area contributed by atoms with Crippen molar-refractivity contribution in [2.75, 3.05) is 0 Å². The summed E-state index contributed by atoms with van der Waals surface area (Å²) in [6.07, 6.45) is 0. The molecule has 2 rings (SSSR count). The average Bonchev–Trinajstić information content (AvgIpc) is 2.23. The van der Waals surface area contributed by atoms with Gasteiger partial charge in [0.25, 0.3) is 0 Å². The summed E-state index contributed by atoms with van der Waals surface area (Å²) in [6.45, 7) is 4.33. The Morgan fingerprint density at radius 1 is 0.714 bits per heavy atom. The topological polar surface area (TPSA) is 0 Å². The monoisotopic (exact) mass is 182 g/mol. The predicted octanol–water partition coefficient (Wildman–Crippen LogP) is 3.97. The fourth-order valence-corrected chi connectivity index (χ4v) is 1.68. The van der Waals surface area contributed by atoms with E-state index in [0.29, 0.717) is 0 Å². The number of aryl methyl sites for hydroxylation is 1. The lowest BCUT2D eigenvalue weighted by atomic mass is 9.97. The summed E-state index contributed by atoms with van der Waals surface area (Å²) in [5.41, 5.74) is 5.37. The van der Waals surface area contributed by atoms with Crippen LogP contribution in [0.4, 0.5) is 0 Å². The van der Waals surface area contributed by atoms with E-state index in [2.05, 4.69) is 62.4 Å². The van der Waals surface area contributed by atoms with E-state index in [1.54, 1.807) is 0 Å². The molecule has 2 aromatic rings. The van der Waals surface area contributed by atoms with Crippen LogP contribution in [0.3, 0.4) is 0 Å². The highest BCUT2D eigenvalue weighted by Crippen LogP contribution is 2.24. The van der Waals surface area contributed by atoms with E-state index in [4.69, 9.17) is 0 Å². The van der Waals surface area contributed by atoms with Crippen molar-refractivity contribution in [3.05, 3.63) is 59.7 Å². The molecule has 0 aliphatic heterocycles. The number of hydrogen-bond acceptors (Lipinski definition) is 0. The molecule has 0 saturated carbocycles. The van der Waals surface area contributed by atoms with E-state index < -0.39 is 0 Å². The minimum absolute atomic E-state index is 1.30. The Morgan fingerprint density at radius 3 is 2.14 bits per heavy atom. The molecule has 0 nitrogen and oxygen atoms in total. The van der Waals surface area contributed by atoms with E-state index in [1.807, 2.05) is 0 Å². The maximum Gasteiger partial charge on any atom is -0.0152 e. The van der Waals surface area contributed by atoms with Gasteiger partial charge in [-0.2, -0.15) is 0 Å². The first kappa shape index (κ1) is 9.01. The Hall–Kier alpha value is -1.56. The van der Waals surface area contributed by atoms with Crippen molar-refractivity contribution in [3.63, 3.8) is 0 Å². The van der Waals surface area contributed by atoms with Crippen molar-refractivity contribution in [2.45, 2.75) is 13.8 Å². The van der Waals surface area contributed by atoms with Crippen LogP contribution in [0.25, 0.3) is 11.1 Å². The smallest absolute Gasteiger partial charge is 0.0152 e. The van der Waals surface area contributed by atoms with Crippen LogP contribution in [0, 0.1) is 13.8 Å². The minimum atomic E-state index is 1.30. The van der Waals surface area contributed by atoms with Crippen LogP contribution in [-0.4, -0.2) is 0 Å². The number of rotatable bonds is 1. The summed E-state index contributed by atoms with van der Waals surface area (Å²) in [5, 5.41) is 0. The molecular formula is C14H14. The van der Waals surface area contributed by atoms with Gasteiger partial charge in [0.2, 0.25) is 0 Å². The summed E-state index contributed by atoms with van der Waals surface area (Å²) in [7, 11) is 0. The molecule has 0 aromatic heterocycles. The first-order valence-corrected chi connectivity index (χ1v) is 4.90. The van der Waals surface area contributed by atoms with E-state index in [1.165, 1.54) is 22.3 Å². The maximum atomic E-state index is 2.18. The Kier molecular flexibility index (Phi) is 2.36. The molecule has 2 aromatic carbocycles. The van der Waals surface area contributed by atoms with Gasteiger partial charge in [-0.1, -0.05) is 48.5 Å². The third-order valence-electron chi connectivity index (χ3n) is 2.69. The SMILES string of the molecule is Cc1cccc(-c2ccccc2)c1C. The second kappa shape index (κ2) is 3.67. The molecule has 0 unspecified atom stereocenters. The number of hydrogen-bond donors (Lipinski definition) is 0. The highest BCUT2D eigenvalue weighted by atomic mass is 14.1. The zero-order chi connectivity index (χ0) is 9.97. The average molecular weight is 182 g/mol. The van der Waals surface area contributed by atoms with E-state index in [9.17, 15) is 0 Å². The van der Waals surface area contributed by atoms with Crippen LogP contribution in [0.2, 0.25) is 0 Å². The Labute approximate surface area is 85.2 Å². The molecule has 0 saturated heterocycles. The Morgan fingerprint density at radius 2 is 1.43 bits per heavy atom. The van der Waals surface area contributed by atoms with E-state index in [-0.39, 0.29) is 0 Å². The normalized spacial score (nSPS) is 10.1. The van der Waals surface area contributed by atoms with Crippen LogP contribution in [0.1, 0.15) is 11.1 Å². The van der Waals surface area contributed by atoms with Gasteiger partial charge in [0.05, 0.1) is 0 Å².